The van der Waals surface area contributed by atoms with Gasteiger partial charge < -0.3 is 10.6 Å². The number of thioether (sulfide) groups is 1. The largest absolute Gasteiger partial charge is 0.368 e. The van der Waals surface area contributed by atoms with Gasteiger partial charge in [0.15, 0.2) is 0 Å². The Morgan fingerprint density at radius 1 is 1.53 bits per heavy atom. The van der Waals surface area contributed by atoms with Crippen LogP contribution in [0.5, 0.6) is 0 Å². The zero-order chi connectivity index (χ0) is 14.0. The molecule has 0 unspecified atom stereocenters. The highest BCUT2D eigenvalue weighted by Gasteiger charge is 2.28. The highest BCUT2D eigenvalue weighted by molar-refractivity contribution is 8.00. The molecule has 0 saturated carbocycles. The molecular formula is C11H17N5O2S. The van der Waals surface area contributed by atoms with Gasteiger partial charge in [-0.15, -0.1) is 0 Å². The van der Waals surface area contributed by atoms with E-state index in [2.05, 4.69) is 23.8 Å². The molecule has 0 aliphatic carbocycles. The van der Waals surface area contributed by atoms with Crippen LogP contribution in [0, 0.1) is 10.1 Å². The quantitative estimate of drug-likeness (QED) is 0.651. The maximum absolute atomic E-state index is 11.0. The molecule has 0 spiro atoms. The molecule has 2 rings (SSSR count). The van der Waals surface area contributed by atoms with Crippen molar-refractivity contribution in [3.8, 4) is 0 Å². The molecular weight excluding hydrogens is 266 g/mol. The van der Waals surface area contributed by atoms with Crippen molar-refractivity contribution in [1.29, 1.82) is 0 Å². The summed E-state index contributed by atoms with van der Waals surface area (Å²) in [6.07, 6.45) is 2.12. The second-order valence-corrected chi connectivity index (χ2v) is 6.84. The minimum Gasteiger partial charge on any atom is -0.368 e. The predicted octanol–water partition coefficient (Wildman–Crippen LogP) is 1.69. The van der Waals surface area contributed by atoms with Crippen LogP contribution in [0.1, 0.15) is 20.3 Å². The van der Waals surface area contributed by atoms with Crippen molar-refractivity contribution < 1.29 is 4.92 Å². The molecule has 0 bridgehead atoms. The normalized spacial score (nSPS) is 18.9. The van der Waals surface area contributed by atoms with E-state index < -0.39 is 4.92 Å². The lowest BCUT2D eigenvalue weighted by Gasteiger charge is -2.23. The lowest BCUT2D eigenvalue weighted by molar-refractivity contribution is -0.384. The molecule has 0 amide bonds. The van der Waals surface area contributed by atoms with Crippen LogP contribution in [0.2, 0.25) is 0 Å². The molecule has 7 nitrogen and oxygen atoms in total. The van der Waals surface area contributed by atoms with Crippen LogP contribution in [-0.2, 0) is 0 Å². The second kappa shape index (κ2) is 5.20. The molecule has 0 radical (unpaired) electrons. The Morgan fingerprint density at radius 3 is 2.95 bits per heavy atom. The molecule has 0 aromatic carbocycles. The fraction of sp³-hybridized carbons (Fsp3) is 0.636. The molecule has 1 aromatic rings. The average Bonchev–Trinajstić information content (AvgIpc) is 2.49. The molecule has 8 heteroatoms. The number of hydrogen-bond donors (Lipinski definition) is 1. The van der Waals surface area contributed by atoms with E-state index in [4.69, 9.17) is 5.73 Å². The fourth-order valence-corrected chi connectivity index (χ4v) is 3.07. The van der Waals surface area contributed by atoms with Crippen molar-refractivity contribution in [2.45, 2.75) is 25.0 Å². The van der Waals surface area contributed by atoms with Crippen LogP contribution in [0.25, 0.3) is 0 Å². The third-order valence-electron chi connectivity index (χ3n) is 3.10. The second-order valence-electron chi connectivity index (χ2n) is 5.04. The van der Waals surface area contributed by atoms with E-state index >= 15 is 0 Å². The Labute approximate surface area is 115 Å². The van der Waals surface area contributed by atoms with Crippen molar-refractivity contribution in [3.05, 3.63) is 16.3 Å². The zero-order valence-corrected chi connectivity index (χ0v) is 11.8. The maximum Gasteiger partial charge on any atom is 0.329 e. The van der Waals surface area contributed by atoms with Gasteiger partial charge in [-0.3, -0.25) is 10.1 Å². The van der Waals surface area contributed by atoms with E-state index in [9.17, 15) is 10.1 Å². The summed E-state index contributed by atoms with van der Waals surface area (Å²) in [5, 5.41) is 11.0. The van der Waals surface area contributed by atoms with Gasteiger partial charge in [0, 0.05) is 23.6 Å². The standard InChI is InChI=1S/C11H17N5O2S/c1-11(2)3-4-15(5-6-19-11)9-8(16(17)18)7-13-10(12)14-9/h7H,3-6H2,1-2H3,(H2,12,13,14). The van der Waals surface area contributed by atoms with Gasteiger partial charge in [0.25, 0.3) is 0 Å². The van der Waals surface area contributed by atoms with Crippen LogP contribution in [0.4, 0.5) is 17.5 Å². The van der Waals surface area contributed by atoms with Gasteiger partial charge in [-0.2, -0.15) is 16.7 Å². The Hall–Kier alpha value is -1.57. The van der Waals surface area contributed by atoms with Crippen LogP contribution in [0.15, 0.2) is 6.20 Å². The molecule has 1 fully saturated rings. The summed E-state index contributed by atoms with van der Waals surface area (Å²) in [5.74, 6) is 1.31. The molecule has 1 aliphatic rings. The third-order valence-corrected chi connectivity index (χ3v) is 4.47. The molecule has 1 saturated heterocycles. The summed E-state index contributed by atoms with van der Waals surface area (Å²) < 4.78 is 0.183. The SMILES string of the molecule is CC1(C)CCN(c2nc(N)ncc2[N+](=O)[O-])CCS1. The van der Waals surface area contributed by atoms with Crippen molar-refractivity contribution in [3.63, 3.8) is 0 Å². The first kappa shape index (κ1) is 13.9. The number of rotatable bonds is 2. The summed E-state index contributed by atoms with van der Waals surface area (Å²) in [7, 11) is 0. The molecule has 19 heavy (non-hydrogen) atoms. The highest BCUT2D eigenvalue weighted by atomic mass is 32.2. The summed E-state index contributed by atoms with van der Waals surface area (Å²) in [5.41, 5.74) is 5.47. The average molecular weight is 283 g/mol. The molecule has 2 heterocycles. The number of aromatic nitrogens is 2. The van der Waals surface area contributed by atoms with E-state index in [-0.39, 0.29) is 16.4 Å². The third kappa shape index (κ3) is 3.25. The number of nitrogens with two attached hydrogens (primary N) is 1. The maximum atomic E-state index is 11.0. The Bertz CT molecular complexity index is 494. The van der Waals surface area contributed by atoms with E-state index in [1.165, 1.54) is 6.20 Å². The van der Waals surface area contributed by atoms with E-state index in [1.54, 1.807) is 0 Å². The smallest absolute Gasteiger partial charge is 0.329 e. The minimum atomic E-state index is -0.460. The summed E-state index contributed by atoms with van der Waals surface area (Å²) in [6, 6.07) is 0. The number of anilines is 2. The number of hydrogen-bond acceptors (Lipinski definition) is 7. The summed E-state index contributed by atoms with van der Waals surface area (Å²) in [4.78, 5) is 20.3. The lowest BCUT2D eigenvalue weighted by Crippen LogP contribution is -2.28. The summed E-state index contributed by atoms with van der Waals surface area (Å²) in [6.45, 7) is 5.83. The van der Waals surface area contributed by atoms with Crippen LogP contribution in [-0.4, -0.2) is 38.5 Å². The Balaban J connectivity index is 2.30. The first-order valence-electron chi connectivity index (χ1n) is 6.05. The monoisotopic (exact) mass is 283 g/mol. The number of nitro groups is 1. The van der Waals surface area contributed by atoms with Crippen molar-refractivity contribution >= 4 is 29.2 Å². The molecule has 0 atom stereocenters. The molecule has 2 N–H and O–H groups in total. The van der Waals surface area contributed by atoms with Crippen LogP contribution < -0.4 is 10.6 Å². The van der Waals surface area contributed by atoms with Gasteiger partial charge in [0.1, 0.15) is 6.20 Å². The van der Waals surface area contributed by atoms with Gasteiger partial charge in [0.05, 0.1) is 4.92 Å². The van der Waals surface area contributed by atoms with Gasteiger partial charge in [-0.05, 0) is 6.42 Å². The highest BCUT2D eigenvalue weighted by Crippen LogP contribution is 2.34. The first-order chi connectivity index (χ1) is 8.89. The lowest BCUT2D eigenvalue weighted by atomic mass is 10.1. The topological polar surface area (TPSA) is 98.2 Å². The molecule has 104 valence electrons. The zero-order valence-electron chi connectivity index (χ0n) is 11.0. The number of nitrogen functional groups attached to an aromatic ring is 1. The van der Waals surface area contributed by atoms with Gasteiger partial charge in [0.2, 0.25) is 11.8 Å². The Morgan fingerprint density at radius 2 is 2.26 bits per heavy atom. The van der Waals surface area contributed by atoms with Crippen molar-refractivity contribution in [2.75, 3.05) is 29.5 Å². The van der Waals surface area contributed by atoms with Gasteiger partial charge >= 0.3 is 5.69 Å². The number of nitrogens with zero attached hydrogens (tertiary/aromatic N) is 4. The van der Waals surface area contributed by atoms with Gasteiger partial charge in [-0.25, -0.2) is 4.98 Å². The molecule has 1 aliphatic heterocycles. The Kier molecular flexibility index (Phi) is 3.79. The van der Waals surface area contributed by atoms with Gasteiger partial charge in [-0.1, -0.05) is 13.8 Å². The van der Waals surface area contributed by atoms with Crippen molar-refractivity contribution in [2.24, 2.45) is 0 Å². The summed E-state index contributed by atoms with van der Waals surface area (Å²) >= 11 is 1.87. The van der Waals surface area contributed by atoms with Crippen molar-refractivity contribution in [1.82, 2.24) is 9.97 Å². The molecule has 1 aromatic heterocycles. The van der Waals surface area contributed by atoms with E-state index in [0.717, 1.165) is 25.3 Å². The predicted molar refractivity (Wildman–Crippen MR) is 76.5 cm³/mol. The van der Waals surface area contributed by atoms with E-state index in [0.29, 0.717) is 5.82 Å². The van der Waals surface area contributed by atoms with E-state index in [1.807, 2.05) is 16.7 Å². The fourth-order valence-electron chi connectivity index (χ4n) is 1.97. The first-order valence-corrected chi connectivity index (χ1v) is 7.03. The van der Waals surface area contributed by atoms with Crippen LogP contribution >= 0.6 is 11.8 Å². The minimum absolute atomic E-state index is 0.0664. The van der Waals surface area contributed by atoms with Crippen LogP contribution in [0.3, 0.4) is 0 Å².